The molecule has 0 aromatic carbocycles. The van der Waals surface area contributed by atoms with Crippen LogP contribution >= 0.6 is 0 Å². The SMILES string of the molecule is CCOC(=O)/C=C/c1ncc(C)nc1N.CCOC(=O)/C=C/c1ncc(C)nc1NCCC1(O)CCC2(CC1)OCCO2. The quantitative estimate of drug-likeness (QED) is 0.268. The van der Waals surface area contributed by atoms with Gasteiger partial charge in [-0.2, -0.15) is 0 Å². The molecule has 13 nitrogen and oxygen atoms in total. The van der Waals surface area contributed by atoms with Crippen LogP contribution in [-0.4, -0.2) is 81.3 Å². The van der Waals surface area contributed by atoms with Crippen LogP contribution in [-0.2, 0) is 28.5 Å². The van der Waals surface area contributed by atoms with Gasteiger partial charge in [0.15, 0.2) is 11.6 Å². The van der Waals surface area contributed by atoms with Crippen molar-refractivity contribution in [2.45, 2.75) is 71.2 Å². The number of esters is 2. The molecule has 0 bridgehead atoms. The lowest BCUT2D eigenvalue weighted by molar-refractivity contribution is -0.202. The van der Waals surface area contributed by atoms with Crippen molar-refractivity contribution >= 4 is 35.7 Å². The first kappa shape index (κ1) is 33.6. The molecule has 1 aliphatic heterocycles. The topological polar surface area (TPSA) is 181 Å². The first-order valence-electron chi connectivity index (χ1n) is 14.4. The van der Waals surface area contributed by atoms with E-state index in [1.54, 1.807) is 39.2 Å². The smallest absolute Gasteiger partial charge is 0.330 e. The lowest BCUT2D eigenvalue weighted by Gasteiger charge is -2.40. The first-order chi connectivity index (χ1) is 20.6. The van der Waals surface area contributed by atoms with Gasteiger partial charge in [-0.25, -0.2) is 19.6 Å². The summed E-state index contributed by atoms with van der Waals surface area (Å²) in [5, 5.41) is 14.1. The van der Waals surface area contributed by atoms with Gasteiger partial charge in [-0.15, -0.1) is 0 Å². The van der Waals surface area contributed by atoms with Crippen molar-refractivity contribution in [3.63, 3.8) is 0 Å². The van der Waals surface area contributed by atoms with Gasteiger partial charge in [0.1, 0.15) is 17.2 Å². The monoisotopic (exact) mass is 598 g/mol. The van der Waals surface area contributed by atoms with Crippen molar-refractivity contribution < 1.29 is 33.6 Å². The third-order valence-electron chi connectivity index (χ3n) is 6.84. The summed E-state index contributed by atoms with van der Waals surface area (Å²) in [5.41, 5.74) is 7.39. The molecule has 1 spiro atoms. The average Bonchev–Trinajstić information content (AvgIpc) is 3.43. The third kappa shape index (κ3) is 10.7. The Labute approximate surface area is 251 Å². The molecule has 1 aliphatic carbocycles. The maximum Gasteiger partial charge on any atom is 0.330 e. The number of carbonyl (C=O) groups is 2. The van der Waals surface area contributed by atoms with E-state index in [0.717, 1.165) is 11.4 Å². The molecule has 3 heterocycles. The number of hydrogen-bond donors (Lipinski definition) is 3. The fourth-order valence-corrected chi connectivity index (χ4v) is 4.59. The van der Waals surface area contributed by atoms with Gasteiger partial charge < -0.3 is 35.1 Å². The van der Waals surface area contributed by atoms with Gasteiger partial charge in [0.25, 0.3) is 0 Å². The predicted molar refractivity (Wildman–Crippen MR) is 160 cm³/mol. The molecule has 43 heavy (non-hydrogen) atoms. The van der Waals surface area contributed by atoms with Crippen molar-refractivity contribution in [3.05, 3.63) is 47.3 Å². The minimum absolute atomic E-state index is 0.301. The second-order valence-corrected chi connectivity index (χ2v) is 10.2. The maximum absolute atomic E-state index is 11.5. The molecule has 2 aliphatic rings. The molecule has 2 aromatic rings. The summed E-state index contributed by atoms with van der Waals surface area (Å²) in [6.07, 6.45) is 12.2. The van der Waals surface area contributed by atoms with Crippen molar-refractivity contribution in [1.29, 1.82) is 0 Å². The first-order valence-corrected chi connectivity index (χ1v) is 14.4. The number of nitrogens with zero attached hydrogens (tertiary/aromatic N) is 4. The normalized spacial score (nSPS) is 17.0. The Bertz CT molecular complexity index is 1280. The Hall–Kier alpha value is -3.94. The van der Waals surface area contributed by atoms with Crippen LogP contribution < -0.4 is 11.1 Å². The standard InChI is InChI=1S/C20H29N3O5.C10H13N3O2/c1-3-26-17(24)5-4-16-18(23-15(2)14-22-16)21-11-10-19(25)6-8-20(9-7-19)27-12-13-28-20;1-3-15-9(14)5-4-8-10(11)13-7(2)6-12-8/h4-5,14,25H,3,6-13H2,1-2H3,(H,21,23);4-6H,3H2,1-2H3,(H2,11,13)/b2*5-4+. The third-order valence-corrected chi connectivity index (χ3v) is 6.84. The van der Waals surface area contributed by atoms with Gasteiger partial charge in [0, 0.05) is 43.9 Å². The molecule has 1 saturated heterocycles. The van der Waals surface area contributed by atoms with E-state index < -0.39 is 23.3 Å². The Kier molecular flexibility index (Phi) is 12.5. The molecule has 2 aromatic heterocycles. The molecule has 0 unspecified atom stereocenters. The highest BCUT2D eigenvalue weighted by molar-refractivity contribution is 5.88. The van der Waals surface area contributed by atoms with Crippen LogP contribution in [0.5, 0.6) is 0 Å². The molecule has 0 amide bonds. The minimum Gasteiger partial charge on any atom is -0.463 e. The summed E-state index contributed by atoms with van der Waals surface area (Å²) in [6.45, 7) is 9.63. The van der Waals surface area contributed by atoms with Crippen LogP contribution in [0.15, 0.2) is 24.5 Å². The van der Waals surface area contributed by atoms with Gasteiger partial charge >= 0.3 is 11.9 Å². The fraction of sp³-hybridized carbons (Fsp3) is 0.533. The number of rotatable bonds is 10. The van der Waals surface area contributed by atoms with Gasteiger partial charge in [0.05, 0.1) is 43.4 Å². The van der Waals surface area contributed by atoms with Crippen molar-refractivity contribution in [1.82, 2.24) is 19.9 Å². The Morgan fingerprint density at radius 3 is 2.02 bits per heavy atom. The number of ether oxygens (including phenoxy) is 4. The maximum atomic E-state index is 11.5. The van der Waals surface area contributed by atoms with Crippen LogP contribution in [0.4, 0.5) is 11.6 Å². The molecule has 4 rings (SSSR count). The number of anilines is 2. The number of carbonyl (C=O) groups excluding carboxylic acids is 2. The highest BCUT2D eigenvalue weighted by Crippen LogP contribution is 2.41. The Balaban J connectivity index is 0.000000285. The summed E-state index contributed by atoms with van der Waals surface area (Å²) in [5.74, 6) is -0.432. The van der Waals surface area contributed by atoms with E-state index in [1.165, 1.54) is 18.2 Å². The number of nitrogen functional groups attached to an aromatic ring is 1. The zero-order valence-corrected chi connectivity index (χ0v) is 25.3. The number of aromatic nitrogens is 4. The van der Waals surface area contributed by atoms with Crippen molar-refractivity contribution in [2.75, 3.05) is 44.0 Å². The van der Waals surface area contributed by atoms with Gasteiger partial charge in [0.2, 0.25) is 0 Å². The summed E-state index contributed by atoms with van der Waals surface area (Å²) >= 11 is 0. The van der Waals surface area contributed by atoms with Gasteiger partial charge in [-0.3, -0.25) is 9.97 Å². The molecule has 13 heteroatoms. The van der Waals surface area contributed by atoms with E-state index in [2.05, 4.69) is 25.3 Å². The average molecular weight is 599 g/mol. The zero-order chi connectivity index (χ0) is 31.3. The summed E-state index contributed by atoms with van der Waals surface area (Å²) in [7, 11) is 0. The predicted octanol–water partition coefficient (Wildman–Crippen LogP) is 3.16. The second-order valence-electron chi connectivity index (χ2n) is 10.2. The van der Waals surface area contributed by atoms with Crippen LogP contribution in [0.25, 0.3) is 12.2 Å². The Morgan fingerprint density at radius 2 is 1.47 bits per heavy atom. The number of hydrogen-bond acceptors (Lipinski definition) is 13. The molecular formula is C30H42N6O7. The molecule has 234 valence electrons. The zero-order valence-electron chi connectivity index (χ0n) is 25.3. The number of aliphatic hydroxyl groups is 1. The van der Waals surface area contributed by atoms with Crippen LogP contribution in [0.1, 0.15) is 68.7 Å². The van der Waals surface area contributed by atoms with Gasteiger partial charge in [-0.1, -0.05) is 0 Å². The Morgan fingerprint density at radius 1 is 0.930 bits per heavy atom. The van der Waals surface area contributed by atoms with Crippen molar-refractivity contribution in [2.24, 2.45) is 0 Å². The molecule has 2 fully saturated rings. The van der Waals surface area contributed by atoms with Crippen LogP contribution in [0, 0.1) is 13.8 Å². The molecule has 0 atom stereocenters. The minimum atomic E-state index is -0.744. The lowest BCUT2D eigenvalue weighted by atomic mass is 9.79. The number of aryl methyl sites for hydroxylation is 2. The van der Waals surface area contributed by atoms with Gasteiger partial charge in [-0.05, 0) is 59.1 Å². The van der Waals surface area contributed by atoms with E-state index >= 15 is 0 Å². The van der Waals surface area contributed by atoms with E-state index in [0.29, 0.717) is 88.1 Å². The summed E-state index contributed by atoms with van der Waals surface area (Å²) < 4.78 is 21.1. The summed E-state index contributed by atoms with van der Waals surface area (Å²) in [6, 6.07) is 0. The highest BCUT2D eigenvalue weighted by atomic mass is 16.7. The van der Waals surface area contributed by atoms with E-state index in [4.69, 9.17) is 24.7 Å². The summed E-state index contributed by atoms with van der Waals surface area (Å²) in [4.78, 5) is 39.4. The fourth-order valence-electron chi connectivity index (χ4n) is 4.59. The molecule has 0 radical (unpaired) electrons. The van der Waals surface area contributed by atoms with Crippen LogP contribution in [0.2, 0.25) is 0 Å². The molecule has 1 saturated carbocycles. The van der Waals surface area contributed by atoms with E-state index in [1.807, 2.05) is 6.92 Å². The molecule has 4 N–H and O–H groups in total. The number of nitrogens with two attached hydrogens (primary N) is 1. The highest BCUT2D eigenvalue weighted by Gasteiger charge is 2.45. The lowest BCUT2D eigenvalue weighted by Crippen LogP contribution is -2.44. The van der Waals surface area contributed by atoms with E-state index in [-0.39, 0.29) is 0 Å². The largest absolute Gasteiger partial charge is 0.463 e. The second kappa shape index (κ2) is 16.1. The number of nitrogens with one attached hydrogen (secondary N) is 1. The van der Waals surface area contributed by atoms with E-state index in [9.17, 15) is 14.7 Å². The molecular weight excluding hydrogens is 556 g/mol. The van der Waals surface area contributed by atoms with Crippen molar-refractivity contribution in [3.8, 4) is 0 Å². The van der Waals surface area contributed by atoms with Crippen LogP contribution in [0.3, 0.4) is 0 Å².